The minimum absolute atomic E-state index is 0.140. The van der Waals surface area contributed by atoms with Gasteiger partial charge in [0.15, 0.2) is 9.92 Å². The molecule has 5 N–H and O–H groups in total. The molecule has 2 aliphatic rings. The van der Waals surface area contributed by atoms with Crippen molar-refractivity contribution in [2.24, 2.45) is 16.5 Å². The molecule has 9 nitrogen and oxygen atoms in total. The Morgan fingerprint density at radius 2 is 1.83 bits per heavy atom. The van der Waals surface area contributed by atoms with E-state index in [2.05, 4.69) is 14.8 Å². The Labute approximate surface area is 170 Å². The van der Waals surface area contributed by atoms with Crippen molar-refractivity contribution >= 4 is 15.6 Å². The van der Waals surface area contributed by atoms with Crippen molar-refractivity contribution in [2.45, 2.75) is 69.4 Å². The molecule has 0 saturated heterocycles. The normalized spacial score (nSPS) is 18.8. The monoisotopic (exact) mass is 420 g/mol. The molecule has 0 radical (unpaired) electrons. The second-order valence-corrected chi connectivity index (χ2v) is 10.1. The lowest BCUT2D eigenvalue weighted by Gasteiger charge is -2.18. The smallest absolute Gasteiger partial charge is 0.233 e. The quantitative estimate of drug-likeness (QED) is 0.535. The number of rotatable bonds is 5. The van der Waals surface area contributed by atoms with E-state index in [-0.39, 0.29) is 5.03 Å². The van der Waals surface area contributed by atoms with Crippen molar-refractivity contribution in [1.29, 1.82) is 0 Å². The van der Waals surface area contributed by atoms with Gasteiger partial charge in [0.2, 0.25) is 6.35 Å². The number of aliphatic hydroxyl groups is 2. The van der Waals surface area contributed by atoms with E-state index in [0.717, 1.165) is 66.7 Å². The zero-order valence-electron chi connectivity index (χ0n) is 17.0. The maximum atomic E-state index is 13.1. The van der Waals surface area contributed by atoms with Gasteiger partial charge in [-0.1, -0.05) is 0 Å². The van der Waals surface area contributed by atoms with Crippen molar-refractivity contribution in [2.75, 3.05) is 5.32 Å². The lowest BCUT2D eigenvalue weighted by molar-refractivity contribution is 0.0732. The van der Waals surface area contributed by atoms with Crippen molar-refractivity contribution in [1.82, 2.24) is 14.8 Å². The Kier molecular flexibility index (Phi) is 4.93. The molecule has 2 aromatic rings. The topological polar surface area (TPSA) is 139 Å². The highest BCUT2D eigenvalue weighted by Crippen LogP contribution is 2.37. The summed E-state index contributed by atoms with van der Waals surface area (Å²) in [6, 6.07) is 1.46. The summed E-state index contributed by atoms with van der Waals surface area (Å²) in [6.07, 6.45) is 4.31. The summed E-state index contributed by atoms with van der Waals surface area (Å²) in [7, 11) is -1.86. The largest absolute Gasteiger partial charge is 0.384 e. The highest BCUT2D eigenvalue weighted by molar-refractivity contribution is 7.91. The zero-order valence-corrected chi connectivity index (χ0v) is 17.8. The summed E-state index contributed by atoms with van der Waals surface area (Å²) in [6.45, 7) is 3.16. The number of nitrogens with two attached hydrogens (primary N) is 1. The number of aryl methyl sites for hydroxylation is 3. The van der Waals surface area contributed by atoms with E-state index >= 15 is 0 Å². The summed E-state index contributed by atoms with van der Waals surface area (Å²) in [5.41, 5.74) is 4.39. The first kappa shape index (κ1) is 20.3. The Morgan fingerprint density at radius 3 is 2.34 bits per heavy atom. The lowest BCUT2D eigenvalue weighted by Crippen LogP contribution is -2.25. The average Bonchev–Trinajstić information content (AvgIpc) is 3.31. The number of pyridine rings is 1. The molecule has 2 atom stereocenters. The summed E-state index contributed by atoms with van der Waals surface area (Å²) in [4.78, 5) is 4.79. The maximum Gasteiger partial charge on any atom is 0.233 e. The minimum Gasteiger partial charge on any atom is -0.384 e. The first-order chi connectivity index (χ1) is 13.6. The highest BCUT2D eigenvalue weighted by atomic mass is 32.2. The fourth-order valence-electron chi connectivity index (χ4n) is 4.14. The molecule has 10 heteroatoms. The van der Waals surface area contributed by atoms with Crippen LogP contribution in [-0.4, -0.2) is 35.5 Å². The van der Waals surface area contributed by atoms with Crippen molar-refractivity contribution in [3.05, 3.63) is 34.3 Å². The van der Waals surface area contributed by atoms with Crippen LogP contribution in [0.3, 0.4) is 0 Å². The molecule has 4 rings (SSSR count). The van der Waals surface area contributed by atoms with E-state index in [1.165, 1.54) is 10.7 Å². The third-order valence-electron chi connectivity index (χ3n) is 5.54. The summed E-state index contributed by atoms with van der Waals surface area (Å²) in [5.74, 6) is 0. The van der Waals surface area contributed by atoms with Crippen LogP contribution in [0.25, 0.3) is 0 Å². The van der Waals surface area contributed by atoms with E-state index in [0.29, 0.717) is 5.69 Å². The van der Waals surface area contributed by atoms with Gasteiger partial charge in [-0.3, -0.25) is 9.67 Å². The lowest BCUT2D eigenvalue weighted by atomic mass is 10.1. The molecule has 0 spiro atoms. The molecule has 0 aromatic carbocycles. The van der Waals surface area contributed by atoms with Crippen molar-refractivity contribution in [3.63, 3.8) is 0 Å². The number of aromatic nitrogens is 3. The summed E-state index contributed by atoms with van der Waals surface area (Å²) >= 11 is 0. The first-order valence-electron chi connectivity index (χ1n) is 9.85. The Hall–Kier alpha value is -2.01. The first-order valence-corrected chi connectivity index (χ1v) is 11.4. The van der Waals surface area contributed by atoms with E-state index in [1.807, 2.05) is 0 Å². The third-order valence-corrected chi connectivity index (χ3v) is 7.04. The van der Waals surface area contributed by atoms with E-state index in [9.17, 15) is 14.4 Å². The van der Waals surface area contributed by atoms with Crippen LogP contribution >= 0.6 is 0 Å². The molecule has 2 aromatic heterocycles. The molecule has 0 aliphatic heterocycles. The predicted molar refractivity (Wildman–Crippen MR) is 109 cm³/mol. The van der Waals surface area contributed by atoms with Gasteiger partial charge >= 0.3 is 0 Å². The third kappa shape index (κ3) is 3.77. The van der Waals surface area contributed by atoms with E-state index < -0.39 is 21.9 Å². The SMILES string of the molecule is Cn1nc(C(C)(C)O)cc1S(N)(=O)=NC(O)Nc1c2c(nc3c1CCC3)CCC2. The molecule has 0 fully saturated rings. The standard InChI is InChI=1S/C19H28N6O3S/c1-19(2,27)15-10-16(25(3)23-15)29(20,28)24-18(26)22-17-11-6-4-8-13(11)21-14-9-5-7-12(14)17/h10,18,26-27H,4-9H2,1-3H3,(H,21,22)(H2,20,24,28). The summed E-state index contributed by atoms with van der Waals surface area (Å²) in [5, 5.41) is 34.1. The zero-order chi connectivity index (χ0) is 21.0. The van der Waals surface area contributed by atoms with Crippen LogP contribution in [0.5, 0.6) is 0 Å². The van der Waals surface area contributed by atoms with Gasteiger partial charge in [-0.2, -0.15) is 9.46 Å². The summed E-state index contributed by atoms with van der Waals surface area (Å²) < 4.78 is 18.4. The highest BCUT2D eigenvalue weighted by Gasteiger charge is 2.28. The van der Waals surface area contributed by atoms with Gasteiger partial charge in [0.05, 0.1) is 5.69 Å². The molecule has 158 valence electrons. The second kappa shape index (κ2) is 7.05. The van der Waals surface area contributed by atoms with Crippen molar-refractivity contribution in [3.8, 4) is 0 Å². The number of anilines is 1. The van der Waals surface area contributed by atoms with E-state index in [1.54, 1.807) is 20.9 Å². The molecule has 0 amide bonds. The van der Waals surface area contributed by atoms with Gasteiger partial charge in [0.25, 0.3) is 0 Å². The van der Waals surface area contributed by atoms with E-state index in [4.69, 9.17) is 10.1 Å². The molecular formula is C19H28N6O3S. The molecular weight excluding hydrogens is 392 g/mol. The number of aliphatic hydroxyl groups excluding tert-OH is 1. The molecule has 2 unspecified atom stereocenters. The molecule has 2 aliphatic carbocycles. The van der Waals surface area contributed by atoms with Gasteiger partial charge in [0, 0.05) is 30.2 Å². The number of hydrogen-bond acceptors (Lipinski definition) is 7. The fraction of sp³-hybridized carbons (Fsp3) is 0.579. The van der Waals surface area contributed by atoms with Gasteiger partial charge in [-0.05, 0) is 63.5 Å². The Morgan fingerprint density at radius 1 is 1.24 bits per heavy atom. The van der Waals surface area contributed by atoms with Crippen molar-refractivity contribution < 1.29 is 14.4 Å². The number of nitrogens with one attached hydrogen (secondary N) is 1. The van der Waals surface area contributed by atoms with Gasteiger partial charge < -0.3 is 15.5 Å². The van der Waals surface area contributed by atoms with Crippen LogP contribution < -0.4 is 10.5 Å². The van der Waals surface area contributed by atoms with Crippen LogP contribution in [0.2, 0.25) is 0 Å². The molecule has 0 saturated carbocycles. The van der Waals surface area contributed by atoms with Crippen LogP contribution in [0.15, 0.2) is 15.5 Å². The Bertz CT molecular complexity index is 1050. The fourth-order valence-corrected chi connectivity index (χ4v) is 5.30. The minimum atomic E-state index is -3.44. The second-order valence-electron chi connectivity index (χ2n) is 8.29. The molecule has 0 bridgehead atoms. The van der Waals surface area contributed by atoms with Gasteiger partial charge in [-0.25, -0.2) is 9.35 Å². The van der Waals surface area contributed by atoms with Crippen LogP contribution in [0.4, 0.5) is 5.69 Å². The van der Waals surface area contributed by atoms with Crippen LogP contribution in [0, 0.1) is 0 Å². The number of nitrogens with zero attached hydrogens (tertiary/aromatic N) is 4. The van der Waals surface area contributed by atoms with Gasteiger partial charge in [0.1, 0.15) is 10.6 Å². The number of fused-ring (bicyclic) bond motifs is 2. The number of hydrogen-bond donors (Lipinski definition) is 4. The molecule has 2 heterocycles. The predicted octanol–water partition coefficient (Wildman–Crippen LogP) is 1.11. The van der Waals surface area contributed by atoms with Gasteiger partial charge in [-0.15, -0.1) is 0 Å². The molecule has 29 heavy (non-hydrogen) atoms. The van der Waals surface area contributed by atoms with Crippen LogP contribution in [0.1, 0.15) is 54.9 Å². The van der Waals surface area contributed by atoms with Crippen LogP contribution in [-0.2, 0) is 48.2 Å². The Balaban J connectivity index is 1.67. The maximum absolute atomic E-state index is 13.1. The average molecular weight is 421 g/mol.